The molecular weight excluding hydrogens is 1330 g/mol. The van der Waals surface area contributed by atoms with Crippen LogP contribution in [0, 0.1) is 38.5 Å². The fraction of sp³-hybridized carbons (Fsp3) is 0.402. The third kappa shape index (κ3) is 13.8. The van der Waals surface area contributed by atoms with Crippen LogP contribution in [0.3, 0.4) is 0 Å². The van der Waals surface area contributed by atoms with Crippen molar-refractivity contribution in [2.24, 2.45) is 17.8 Å². The number of carbonyl (C=O) groups excluding carboxylic acids is 5. The number of aromatic nitrogens is 2. The molecule has 0 aliphatic heterocycles. The van der Waals surface area contributed by atoms with Crippen molar-refractivity contribution in [3.8, 4) is 17.5 Å². The Hall–Kier alpha value is -9.10. The lowest BCUT2D eigenvalue weighted by Gasteiger charge is -2.56. The summed E-state index contributed by atoms with van der Waals surface area (Å²) in [7, 11) is 9.92. The molecule has 0 bridgehead atoms. The number of hydrogen-bond acceptors (Lipinski definition) is 19. The fourth-order valence-electron chi connectivity index (χ4n) is 14.4. The van der Waals surface area contributed by atoms with Gasteiger partial charge < -0.3 is 47.0 Å². The number of allylic oxidation sites excluding steroid dienone is 1. The maximum absolute atomic E-state index is 15.5. The van der Waals surface area contributed by atoms with Gasteiger partial charge in [-0.3, -0.25) is 29.0 Å². The first-order chi connectivity index (χ1) is 48.2. The number of aliphatic hydroxyl groups excluding tert-OH is 1. The molecule has 1 saturated carbocycles. The van der Waals surface area contributed by atoms with Gasteiger partial charge in [-0.25, -0.2) is 4.79 Å². The summed E-state index contributed by atoms with van der Waals surface area (Å²) in [4.78, 5) is 79.3. The monoisotopic (exact) mass is 1430 g/mol. The third-order valence-electron chi connectivity index (χ3n) is 21.7. The first-order valence-electron chi connectivity index (χ1n) is 34.8. The molecule has 19 nitrogen and oxygen atoms in total. The highest BCUT2D eigenvalue weighted by Gasteiger charge is 2.71. The van der Waals surface area contributed by atoms with Crippen molar-refractivity contribution in [3.63, 3.8) is 0 Å². The van der Waals surface area contributed by atoms with Crippen LogP contribution in [0.25, 0.3) is 5.76 Å². The van der Waals surface area contributed by atoms with E-state index >= 15 is 9.59 Å². The van der Waals surface area contributed by atoms with Gasteiger partial charge in [0.15, 0.2) is 45.1 Å². The molecule has 2 heterocycles. The van der Waals surface area contributed by atoms with Gasteiger partial charge in [-0.1, -0.05) is 157 Å². The summed E-state index contributed by atoms with van der Waals surface area (Å²) in [5.74, 6) is -3.04. The molecule has 5 aliphatic rings. The number of aryl methyl sites for hydroxylation is 2. The molecule has 0 amide bonds. The van der Waals surface area contributed by atoms with Gasteiger partial charge in [0.1, 0.15) is 35.8 Å². The van der Waals surface area contributed by atoms with E-state index in [2.05, 4.69) is 65.0 Å². The van der Waals surface area contributed by atoms with Gasteiger partial charge in [-0.2, -0.15) is 0 Å². The lowest BCUT2D eigenvalue weighted by atomic mass is 9.55. The minimum Gasteiger partial charge on any atom is -0.507 e. The second kappa shape index (κ2) is 28.9. The first kappa shape index (κ1) is 76.5. The van der Waals surface area contributed by atoms with Crippen LogP contribution in [0.1, 0.15) is 135 Å². The van der Waals surface area contributed by atoms with Crippen LogP contribution in [0.4, 0.5) is 11.4 Å². The number of Topliss-reactive ketones (excluding diaryl/α,β-unsaturated/α-hetero) is 3. The molecule has 1 fully saturated rings. The number of hydrogen-bond donors (Lipinski definition) is 1. The van der Waals surface area contributed by atoms with E-state index < -0.39 is 75.0 Å². The van der Waals surface area contributed by atoms with Gasteiger partial charge >= 0.3 is 5.97 Å². The average Bonchev–Trinajstić information content (AvgIpc) is 1.65. The summed E-state index contributed by atoms with van der Waals surface area (Å²) in [5.41, 5.74) is 6.67. The Bertz CT molecular complexity index is 4520. The van der Waals surface area contributed by atoms with E-state index in [-0.39, 0.29) is 69.3 Å². The molecule has 21 heteroatoms. The van der Waals surface area contributed by atoms with E-state index in [4.69, 9.17) is 32.1 Å². The molecule has 2 aromatic heterocycles. The number of benzene rings is 5. The fourth-order valence-corrected chi connectivity index (χ4v) is 17.2. The van der Waals surface area contributed by atoms with Crippen molar-refractivity contribution in [2.45, 2.75) is 141 Å². The highest BCUT2D eigenvalue weighted by Crippen LogP contribution is 2.61. The quantitative estimate of drug-likeness (QED) is 0.0313. The number of ether oxygens (including phenoxy) is 3. The largest absolute Gasteiger partial charge is 0.507 e. The Kier molecular flexibility index (Phi) is 21.4. The lowest BCUT2D eigenvalue weighted by Crippen LogP contribution is -2.68. The van der Waals surface area contributed by atoms with Crippen molar-refractivity contribution >= 4 is 62.9 Å². The van der Waals surface area contributed by atoms with Crippen molar-refractivity contribution in [2.75, 3.05) is 66.2 Å². The second-order valence-electron chi connectivity index (χ2n) is 31.5. The number of esters is 1. The highest BCUT2D eigenvalue weighted by molar-refractivity contribution is 6.75. The normalized spacial score (nSPS) is 21.4. The van der Waals surface area contributed by atoms with E-state index in [1.165, 1.54) is 6.08 Å². The van der Waals surface area contributed by atoms with Crippen molar-refractivity contribution in [1.29, 1.82) is 0 Å². The summed E-state index contributed by atoms with van der Waals surface area (Å²) in [6.45, 7) is 35.6. The summed E-state index contributed by atoms with van der Waals surface area (Å²) >= 11 is 0. The molecule has 5 aliphatic carbocycles. The standard InChI is InChI=1S/C38H47N3O6Si.C27H34N2O5Si.C17H19NO2/c1-21-17-18-26(40(6)7)25-19-24-22(2)30-31(41(8)9)33-29(36(39-46-33)45-20-23-15-13-12-14-16-23)35(44)38(30,47-48(10,11)37(3,4)5)34(43)28(24)32(42)27(21)25;1-17-14-15-19(30)27(34-35(7,8)26(2,3)4)21(17)22(29(5)6)23-20(24(27)31)25(28-33-23)32-16-18-12-10-9-11-13-18;1-12-10-11-15(18(3)4)13(2)16(12)17(19)20-14-8-6-5-7-9-14/h12-18,24,30-31,42H,2,19-20H2,1,3-11H3;9-15,21-22H,1,16H2,2-8H3;5-11H,1-4H3/t24-,30-,31-,38-;21-,22-,27+;/m00./s1. The Morgan fingerprint density at radius 1 is 0.583 bits per heavy atom. The summed E-state index contributed by atoms with van der Waals surface area (Å²) in [6.07, 6.45) is 3.54. The number of fused-ring (bicyclic) bond motifs is 6. The zero-order chi connectivity index (χ0) is 75.5. The van der Waals surface area contributed by atoms with Gasteiger partial charge in [0.25, 0.3) is 11.8 Å². The summed E-state index contributed by atoms with van der Waals surface area (Å²) in [5, 5.41) is 20.0. The van der Waals surface area contributed by atoms with Crippen LogP contribution in [-0.2, 0) is 38.1 Å². The predicted octanol–water partition coefficient (Wildman–Crippen LogP) is 15.8. The van der Waals surface area contributed by atoms with Crippen molar-refractivity contribution in [1.82, 2.24) is 20.1 Å². The molecule has 0 saturated heterocycles. The molecule has 7 atom stereocenters. The smallest absolute Gasteiger partial charge is 0.344 e. The van der Waals surface area contributed by atoms with Gasteiger partial charge in [0.2, 0.25) is 17.3 Å². The minimum atomic E-state index is -2.87. The second-order valence-corrected chi connectivity index (χ2v) is 40.9. The first-order valence-corrected chi connectivity index (χ1v) is 40.6. The van der Waals surface area contributed by atoms with Crippen LogP contribution < -0.4 is 24.0 Å². The molecular formula is C82H100N6O13Si2. The maximum atomic E-state index is 15.5. The Morgan fingerprint density at radius 3 is 1.50 bits per heavy atom. The Balaban J connectivity index is 0.000000181. The number of para-hydroxylation sites is 1. The average molecular weight is 1430 g/mol. The predicted molar refractivity (Wildman–Crippen MR) is 406 cm³/mol. The van der Waals surface area contributed by atoms with Gasteiger partial charge in [0, 0.05) is 68.5 Å². The molecule has 1 N–H and O–H groups in total. The molecule has 0 unspecified atom stereocenters. The zero-order valence-electron chi connectivity index (χ0n) is 63.6. The lowest BCUT2D eigenvalue weighted by molar-refractivity contribution is -0.136. The SMILES string of the molecule is C=C1C=CC(=O)[C@]2(O[Si](C)(C)C(C)(C)C)C(=O)c3c(OCc4ccccc4)noc3[C@@H](N(C)C)[C@H]12.C=C1[C@@H]2Cc3c(N(C)C)ccc(C)c3C(O)=C2C(=O)[C@]2(O[Si](C)(C)C(C)(C)C)C(=O)c3c(OCc4ccccc4)noc3[C@@H](N(C)C)[C@H]12.Cc1ccc(N(C)C)c(C)c1C(=O)Oc1ccccc1. The van der Waals surface area contributed by atoms with Gasteiger partial charge in [0.05, 0.1) is 17.6 Å². The molecule has 544 valence electrons. The Labute approximate surface area is 608 Å². The van der Waals surface area contributed by atoms with Crippen LogP contribution in [0.15, 0.2) is 166 Å². The molecule has 12 rings (SSSR count). The van der Waals surface area contributed by atoms with Gasteiger partial charge in [-0.15, -0.1) is 0 Å². The minimum absolute atomic E-state index is 0.0153. The zero-order valence-corrected chi connectivity index (χ0v) is 65.6. The van der Waals surface area contributed by atoms with E-state index in [1.807, 2.05) is 226 Å². The third-order valence-corrected chi connectivity index (χ3v) is 30.6. The summed E-state index contributed by atoms with van der Waals surface area (Å²) < 4.78 is 43.3. The van der Waals surface area contributed by atoms with E-state index in [9.17, 15) is 19.5 Å². The summed E-state index contributed by atoms with van der Waals surface area (Å²) in [6, 6.07) is 35.1. The van der Waals surface area contributed by atoms with Crippen LogP contribution in [0.2, 0.25) is 36.3 Å². The van der Waals surface area contributed by atoms with E-state index in [0.717, 1.165) is 44.8 Å². The molecule has 0 radical (unpaired) electrons. The number of rotatable bonds is 16. The van der Waals surface area contributed by atoms with E-state index in [0.29, 0.717) is 46.0 Å². The topological polar surface area (TPSA) is 217 Å². The van der Waals surface area contributed by atoms with Gasteiger partial charge in [-0.05, 0) is 171 Å². The molecule has 7 aromatic rings. The highest BCUT2D eigenvalue weighted by atomic mass is 28.4. The molecule has 5 aromatic carbocycles. The number of nitrogens with zero attached hydrogens (tertiary/aromatic N) is 6. The van der Waals surface area contributed by atoms with Crippen LogP contribution in [0.5, 0.6) is 17.5 Å². The number of ketones is 4. The van der Waals surface area contributed by atoms with Crippen molar-refractivity contribution < 1.29 is 61.2 Å². The van der Waals surface area contributed by atoms with E-state index in [1.54, 1.807) is 18.2 Å². The number of carbonyl (C=O) groups is 5. The van der Waals surface area contributed by atoms with Crippen LogP contribution in [-0.4, -0.2) is 139 Å². The molecule has 103 heavy (non-hydrogen) atoms. The van der Waals surface area contributed by atoms with Crippen LogP contribution >= 0.6 is 0 Å². The number of aliphatic hydroxyl groups is 1. The molecule has 0 spiro atoms. The Morgan fingerprint density at radius 2 is 1.03 bits per heavy atom. The maximum Gasteiger partial charge on any atom is 0.344 e. The van der Waals surface area contributed by atoms with Crippen molar-refractivity contribution in [3.05, 3.63) is 224 Å². The number of anilines is 2.